The van der Waals surface area contributed by atoms with Crippen LogP contribution in [0.25, 0.3) is 10.8 Å². The lowest BCUT2D eigenvalue weighted by atomic mass is 10.1. The number of carbonyl (C=O) groups is 1. The first-order valence-electron chi connectivity index (χ1n) is 6.71. The number of amides is 1. The van der Waals surface area contributed by atoms with Crippen LogP contribution in [0.15, 0.2) is 22.8 Å². The maximum absolute atomic E-state index is 12.2. The highest BCUT2D eigenvalue weighted by molar-refractivity contribution is 7.18. The summed E-state index contributed by atoms with van der Waals surface area (Å²) in [5.41, 5.74) is 2.79. The first kappa shape index (κ1) is 14.5. The van der Waals surface area contributed by atoms with Crippen LogP contribution in [0.5, 0.6) is 0 Å². The second-order valence-electron chi connectivity index (χ2n) is 4.89. The second-order valence-corrected chi connectivity index (χ2v) is 5.87. The molecule has 0 aliphatic carbocycles. The molecule has 0 fully saturated rings. The standard InChI is InChI=1S/C14H15N5O2S/c1-8-10(9(2)19(3)18-8)7-12(20)15-14-17-16-13(22-14)11-5-4-6-21-11/h4-6H,7H2,1-3H3,(H,15,17,20). The zero-order valence-corrected chi connectivity index (χ0v) is 13.3. The van der Waals surface area contributed by atoms with Gasteiger partial charge in [-0.2, -0.15) is 5.10 Å². The fourth-order valence-electron chi connectivity index (χ4n) is 2.17. The number of hydrogen-bond donors (Lipinski definition) is 1. The fourth-order valence-corrected chi connectivity index (χ4v) is 2.90. The Labute approximate surface area is 131 Å². The van der Waals surface area contributed by atoms with Crippen LogP contribution >= 0.6 is 11.3 Å². The van der Waals surface area contributed by atoms with E-state index in [1.54, 1.807) is 23.1 Å². The Kier molecular flexibility index (Phi) is 3.76. The van der Waals surface area contributed by atoms with Gasteiger partial charge in [-0.15, -0.1) is 10.2 Å². The van der Waals surface area contributed by atoms with Gasteiger partial charge < -0.3 is 9.73 Å². The van der Waals surface area contributed by atoms with Crippen LogP contribution in [0, 0.1) is 13.8 Å². The van der Waals surface area contributed by atoms with Crippen LogP contribution in [-0.4, -0.2) is 25.9 Å². The van der Waals surface area contributed by atoms with E-state index < -0.39 is 0 Å². The lowest BCUT2D eigenvalue weighted by Gasteiger charge is -2.02. The normalized spacial score (nSPS) is 10.9. The molecule has 0 atom stereocenters. The topological polar surface area (TPSA) is 85.8 Å². The lowest BCUT2D eigenvalue weighted by Crippen LogP contribution is -2.15. The Bertz CT molecular complexity index is 803. The molecule has 0 spiro atoms. The number of aromatic nitrogens is 4. The summed E-state index contributed by atoms with van der Waals surface area (Å²) in [6.45, 7) is 3.85. The van der Waals surface area contributed by atoms with Gasteiger partial charge in [0.05, 0.1) is 18.4 Å². The number of anilines is 1. The van der Waals surface area contributed by atoms with Crippen molar-refractivity contribution in [3.63, 3.8) is 0 Å². The molecule has 0 unspecified atom stereocenters. The first-order valence-corrected chi connectivity index (χ1v) is 7.52. The third-order valence-electron chi connectivity index (χ3n) is 3.40. The molecule has 0 aliphatic rings. The Balaban J connectivity index is 1.70. The lowest BCUT2D eigenvalue weighted by molar-refractivity contribution is -0.115. The van der Waals surface area contributed by atoms with Crippen molar-refractivity contribution in [2.75, 3.05) is 5.32 Å². The molecule has 1 N–H and O–H groups in total. The number of carbonyl (C=O) groups excluding carboxylic acids is 1. The Morgan fingerprint density at radius 3 is 2.86 bits per heavy atom. The van der Waals surface area contributed by atoms with Gasteiger partial charge in [0.15, 0.2) is 10.8 Å². The molecule has 8 heteroatoms. The molecule has 0 saturated heterocycles. The fraction of sp³-hybridized carbons (Fsp3) is 0.286. The zero-order valence-electron chi connectivity index (χ0n) is 12.5. The average molecular weight is 317 g/mol. The van der Waals surface area contributed by atoms with Crippen LogP contribution in [0.3, 0.4) is 0 Å². The number of nitrogens with zero attached hydrogens (tertiary/aromatic N) is 4. The summed E-state index contributed by atoms with van der Waals surface area (Å²) in [6, 6.07) is 3.58. The van der Waals surface area contributed by atoms with Crippen LogP contribution in [0.1, 0.15) is 17.0 Å². The highest BCUT2D eigenvalue weighted by atomic mass is 32.1. The van der Waals surface area contributed by atoms with Crippen LogP contribution < -0.4 is 5.32 Å². The van der Waals surface area contributed by atoms with Crippen molar-refractivity contribution in [3.8, 4) is 10.8 Å². The van der Waals surface area contributed by atoms with Gasteiger partial charge in [0, 0.05) is 18.3 Å². The van der Waals surface area contributed by atoms with E-state index in [1.807, 2.05) is 20.9 Å². The molecule has 0 radical (unpaired) electrons. The van der Waals surface area contributed by atoms with Crippen LogP contribution in [-0.2, 0) is 18.3 Å². The second kappa shape index (κ2) is 5.72. The molecule has 0 saturated carbocycles. The predicted molar refractivity (Wildman–Crippen MR) is 82.6 cm³/mol. The number of nitrogens with one attached hydrogen (secondary N) is 1. The minimum Gasteiger partial charge on any atom is -0.462 e. The summed E-state index contributed by atoms with van der Waals surface area (Å²) in [5, 5.41) is 16.1. The molecule has 0 aromatic carbocycles. The van der Waals surface area contributed by atoms with E-state index in [0.29, 0.717) is 15.9 Å². The molecule has 3 rings (SSSR count). The van der Waals surface area contributed by atoms with Gasteiger partial charge in [0.2, 0.25) is 11.0 Å². The average Bonchev–Trinajstić information content (AvgIpc) is 3.17. The molecule has 7 nitrogen and oxygen atoms in total. The number of hydrogen-bond acceptors (Lipinski definition) is 6. The molecule has 3 heterocycles. The van der Waals surface area contributed by atoms with Gasteiger partial charge in [-0.05, 0) is 26.0 Å². The summed E-state index contributed by atoms with van der Waals surface area (Å²) in [6.07, 6.45) is 1.84. The van der Waals surface area contributed by atoms with Crippen molar-refractivity contribution >= 4 is 22.4 Å². The molecule has 3 aromatic rings. The van der Waals surface area contributed by atoms with Gasteiger partial charge in [0.1, 0.15) is 0 Å². The highest BCUT2D eigenvalue weighted by Crippen LogP contribution is 2.26. The Morgan fingerprint density at radius 2 is 2.23 bits per heavy atom. The molecule has 0 bridgehead atoms. The molecular weight excluding hydrogens is 302 g/mol. The van der Waals surface area contributed by atoms with Gasteiger partial charge in [-0.3, -0.25) is 9.48 Å². The molecule has 22 heavy (non-hydrogen) atoms. The summed E-state index contributed by atoms with van der Waals surface area (Å²) >= 11 is 1.27. The monoisotopic (exact) mass is 317 g/mol. The van der Waals surface area contributed by atoms with Crippen molar-refractivity contribution in [1.82, 2.24) is 20.0 Å². The molecule has 3 aromatic heterocycles. The van der Waals surface area contributed by atoms with E-state index >= 15 is 0 Å². The van der Waals surface area contributed by atoms with Gasteiger partial charge in [-0.25, -0.2) is 0 Å². The van der Waals surface area contributed by atoms with Crippen molar-refractivity contribution in [3.05, 3.63) is 35.3 Å². The SMILES string of the molecule is Cc1nn(C)c(C)c1CC(=O)Nc1nnc(-c2ccco2)s1. The zero-order chi connectivity index (χ0) is 15.7. The minimum absolute atomic E-state index is 0.138. The van der Waals surface area contributed by atoms with Crippen LogP contribution in [0.2, 0.25) is 0 Å². The number of furan rings is 1. The molecule has 0 aliphatic heterocycles. The van der Waals surface area contributed by atoms with E-state index in [4.69, 9.17) is 4.42 Å². The maximum atomic E-state index is 12.2. The van der Waals surface area contributed by atoms with E-state index in [-0.39, 0.29) is 12.3 Å². The van der Waals surface area contributed by atoms with Gasteiger partial charge in [-0.1, -0.05) is 11.3 Å². The van der Waals surface area contributed by atoms with E-state index in [9.17, 15) is 4.79 Å². The van der Waals surface area contributed by atoms with Gasteiger partial charge >= 0.3 is 0 Å². The Morgan fingerprint density at radius 1 is 1.41 bits per heavy atom. The number of aryl methyl sites for hydroxylation is 2. The van der Waals surface area contributed by atoms with Crippen molar-refractivity contribution in [1.29, 1.82) is 0 Å². The van der Waals surface area contributed by atoms with Crippen molar-refractivity contribution < 1.29 is 9.21 Å². The maximum Gasteiger partial charge on any atom is 0.230 e. The third-order valence-corrected chi connectivity index (χ3v) is 4.25. The Hall–Kier alpha value is -2.48. The smallest absolute Gasteiger partial charge is 0.230 e. The minimum atomic E-state index is -0.138. The quantitative estimate of drug-likeness (QED) is 0.798. The first-order chi connectivity index (χ1) is 10.5. The predicted octanol–water partition coefficient (Wildman–Crippen LogP) is 2.33. The molecule has 114 valence electrons. The summed E-state index contributed by atoms with van der Waals surface area (Å²) in [4.78, 5) is 12.2. The van der Waals surface area contributed by atoms with Gasteiger partial charge in [0.25, 0.3) is 0 Å². The van der Waals surface area contributed by atoms with E-state index in [1.165, 1.54) is 11.3 Å². The van der Waals surface area contributed by atoms with E-state index in [2.05, 4.69) is 20.6 Å². The van der Waals surface area contributed by atoms with Crippen molar-refractivity contribution in [2.24, 2.45) is 7.05 Å². The largest absolute Gasteiger partial charge is 0.462 e. The third kappa shape index (κ3) is 2.77. The molecular formula is C14H15N5O2S. The van der Waals surface area contributed by atoms with Crippen LogP contribution in [0.4, 0.5) is 5.13 Å². The summed E-state index contributed by atoms with van der Waals surface area (Å²) in [7, 11) is 1.87. The summed E-state index contributed by atoms with van der Waals surface area (Å²) in [5.74, 6) is 0.498. The van der Waals surface area contributed by atoms with E-state index in [0.717, 1.165) is 17.0 Å². The number of rotatable bonds is 4. The summed E-state index contributed by atoms with van der Waals surface area (Å²) < 4.78 is 7.03. The van der Waals surface area contributed by atoms with Crippen molar-refractivity contribution in [2.45, 2.75) is 20.3 Å². The highest BCUT2D eigenvalue weighted by Gasteiger charge is 2.15. The molecule has 1 amide bonds.